The minimum atomic E-state index is -0.927. The zero-order chi connectivity index (χ0) is 19.1. The Kier molecular flexibility index (Phi) is 4.86. The Morgan fingerprint density at radius 3 is 2.77 bits per heavy atom. The van der Waals surface area contributed by atoms with E-state index in [0.29, 0.717) is 17.0 Å². The Balaban J connectivity index is 2.20. The molecule has 1 aliphatic rings. The Hall–Kier alpha value is -2.25. The summed E-state index contributed by atoms with van der Waals surface area (Å²) in [5, 5.41) is 24.0. The highest BCUT2D eigenvalue weighted by Crippen LogP contribution is 2.46. The summed E-state index contributed by atoms with van der Waals surface area (Å²) in [4.78, 5) is 24.6. The molecule has 0 spiro atoms. The minimum Gasteiger partial charge on any atom is -0.478 e. The molecular weight excluding hydrogens is 352 g/mol. The van der Waals surface area contributed by atoms with Crippen molar-refractivity contribution in [2.24, 2.45) is 5.41 Å². The third kappa shape index (κ3) is 3.37. The monoisotopic (exact) mass is 374 g/mol. The fourth-order valence-corrected chi connectivity index (χ4v) is 4.96. The normalized spacial score (nSPS) is 15.5. The number of aromatic carboxylic acids is 1. The van der Waals surface area contributed by atoms with Gasteiger partial charge < -0.3 is 10.4 Å². The number of fused-ring (bicyclic) bond motifs is 1. The van der Waals surface area contributed by atoms with Gasteiger partial charge in [0, 0.05) is 28.4 Å². The van der Waals surface area contributed by atoms with Crippen LogP contribution < -0.4 is 5.32 Å². The molecule has 1 heterocycles. The van der Waals surface area contributed by atoms with Crippen LogP contribution in [0.5, 0.6) is 0 Å². The highest BCUT2D eigenvalue weighted by atomic mass is 32.1. The second-order valence-electron chi connectivity index (χ2n) is 7.48. The maximum absolute atomic E-state index is 12.1. The first-order chi connectivity index (χ1) is 12.2. The van der Waals surface area contributed by atoms with Gasteiger partial charge in [-0.05, 0) is 54.5 Å². The third-order valence-corrected chi connectivity index (χ3v) is 6.23. The Bertz CT molecular complexity index is 886. The SMILES string of the molecule is CNCc1cc([N+](=O)[O-])ccc1-c1sc2c(c1C(=O)O)CC(C)(C)CC2. The number of nitro groups is 1. The molecule has 2 aromatic rings. The molecule has 2 N–H and O–H groups in total. The predicted octanol–water partition coefficient (Wildman–Crippen LogP) is 4.26. The summed E-state index contributed by atoms with van der Waals surface area (Å²) in [6.07, 6.45) is 2.65. The molecule has 0 bridgehead atoms. The van der Waals surface area contributed by atoms with Gasteiger partial charge in [-0.1, -0.05) is 13.8 Å². The van der Waals surface area contributed by atoms with Crippen molar-refractivity contribution >= 4 is 23.0 Å². The average Bonchev–Trinajstić information content (AvgIpc) is 2.92. The van der Waals surface area contributed by atoms with Crippen LogP contribution in [0.2, 0.25) is 0 Å². The van der Waals surface area contributed by atoms with E-state index in [1.165, 1.54) is 23.5 Å². The van der Waals surface area contributed by atoms with Gasteiger partial charge in [0.05, 0.1) is 10.5 Å². The number of nitrogens with one attached hydrogen (secondary N) is 1. The van der Waals surface area contributed by atoms with E-state index in [9.17, 15) is 20.0 Å². The van der Waals surface area contributed by atoms with E-state index < -0.39 is 10.9 Å². The van der Waals surface area contributed by atoms with E-state index in [1.807, 2.05) is 0 Å². The summed E-state index contributed by atoms with van der Waals surface area (Å²) >= 11 is 1.52. The standard InChI is InChI=1S/C19H22N2O4S/c1-19(2)7-6-15-14(9-19)16(18(22)23)17(26-15)13-5-4-12(21(24)25)8-11(13)10-20-3/h4-5,8,20H,6-7,9-10H2,1-3H3,(H,22,23). The van der Waals surface area contributed by atoms with Crippen LogP contribution in [0.4, 0.5) is 5.69 Å². The van der Waals surface area contributed by atoms with Crippen molar-refractivity contribution < 1.29 is 14.8 Å². The van der Waals surface area contributed by atoms with Crippen LogP contribution in [0.3, 0.4) is 0 Å². The number of benzene rings is 1. The molecule has 6 nitrogen and oxygen atoms in total. The van der Waals surface area contributed by atoms with E-state index in [-0.39, 0.29) is 11.1 Å². The van der Waals surface area contributed by atoms with Crippen molar-refractivity contribution in [2.75, 3.05) is 7.05 Å². The van der Waals surface area contributed by atoms with E-state index in [4.69, 9.17) is 0 Å². The first kappa shape index (κ1) is 18.5. The zero-order valence-corrected chi connectivity index (χ0v) is 15.9. The van der Waals surface area contributed by atoms with Crippen LogP contribution in [0.15, 0.2) is 18.2 Å². The molecule has 1 aromatic heterocycles. The highest BCUT2D eigenvalue weighted by Gasteiger charge is 2.33. The van der Waals surface area contributed by atoms with Crippen molar-refractivity contribution in [1.82, 2.24) is 5.32 Å². The Labute approximate surface area is 156 Å². The van der Waals surface area contributed by atoms with Gasteiger partial charge in [-0.25, -0.2) is 4.79 Å². The molecule has 0 aliphatic heterocycles. The van der Waals surface area contributed by atoms with Crippen molar-refractivity contribution in [2.45, 2.75) is 39.7 Å². The lowest BCUT2D eigenvalue weighted by atomic mass is 9.76. The number of thiophene rings is 1. The fraction of sp³-hybridized carbons (Fsp3) is 0.421. The summed E-state index contributed by atoms with van der Waals surface area (Å²) in [6.45, 7) is 4.76. The number of hydrogen-bond donors (Lipinski definition) is 2. The first-order valence-electron chi connectivity index (χ1n) is 8.53. The lowest BCUT2D eigenvalue weighted by Crippen LogP contribution is -2.22. The van der Waals surface area contributed by atoms with Gasteiger partial charge in [0.25, 0.3) is 5.69 Å². The first-order valence-corrected chi connectivity index (χ1v) is 9.35. The molecule has 0 atom stereocenters. The van der Waals surface area contributed by atoms with Crippen LogP contribution in [-0.2, 0) is 19.4 Å². The maximum Gasteiger partial charge on any atom is 0.337 e. The Morgan fingerprint density at radius 2 is 2.15 bits per heavy atom. The van der Waals surface area contributed by atoms with Crippen molar-refractivity contribution in [1.29, 1.82) is 0 Å². The third-order valence-electron chi connectivity index (χ3n) is 4.90. The predicted molar refractivity (Wildman–Crippen MR) is 102 cm³/mol. The second kappa shape index (κ2) is 6.81. The number of carbonyl (C=O) groups is 1. The number of carboxylic acid groups (broad SMARTS) is 1. The molecule has 3 rings (SSSR count). The van der Waals surface area contributed by atoms with Crippen LogP contribution >= 0.6 is 11.3 Å². The molecule has 0 saturated heterocycles. The summed E-state index contributed by atoms with van der Waals surface area (Å²) < 4.78 is 0. The van der Waals surface area contributed by atoms with Gasteiger partial charge in [-0.3, -0.25) is 10.1 Å². The van der Waals surface area contributed by atoms with E-state index in [0.717, 1.165) is 40.8 Å². The van der Waals surface area contributed by atoms with Crippen LogP contribution in [0.1, 0.15) is 46.6 Å². The zero-order valence-electron chi connectivity index (χ0n) is 15.1. The van der Waals surface area contributed by atoms with Gasteiger partial charge in [0.1, 0.15) is 0 Å². The number of nitrogens with zero attached hydrogens (tertiary/aromatic N) is 1. The smallest absolute Gasteiger partial charge is 0.337 e. The lowest BCUT2D eigenvalue weighted by molar-refractivity contribution is -0.384. The molecular formula is C19H22N2O4S. The summed E-state index contributed by atoms with van der Waals surface area (Å²) in [5.74, 6) is -0.927. The number of non-ortho nitro benzene ring substituents is 1. The molecule has 1 aliphatic carbocycles. The number of hydrogen-bond acceptors (Lipinski definition) is 5. The molecule has 0 saturated carbocycles. The molecule has 138 valence electrons. The van der Waals surface area contributed by atoms with E-state index >= 15 is 0 Å². The van der Waals surface area contributed by atoms with Crippen molar-refractivity contribution in [3.8, 4) is 10.4 Å². The van der Waals surface area contributed by atoms with Gasteiger partial charge in [-0.15, -0.1) is 11.3 Å². The van der Waals surface area contributed by atoms with Crippen molar-refractivity contribution in [3.63, 3.8) is 0 Å². The maximum atomic E-state index is 12.1. The number of aryl methyl sites for hydroxylation is 1. The van der Waals surface area contributed by atoms with Crippen LogP contribution in [0.25, 0.3) is 10.4 Å². The molecule has 0 radical (unpaired) electrons. The highest BCUT2D eigenvalue weighted by molar-refractivity contribution is 7.16. The molecule has 0 amide bonds. The second-order valence-corrected chi connectivity index (χ2v) is 8.59. The van der Waals surface area contributed by atoms with E-state index in [2.05, 4.69) is 19.2 Å². The average molecular weight is 374 g/mol. The van der Waals surface area contributed by atoms with Crippen LogP contribution in [-0.4, -0.2) is 23.0 Å². The molecule has 0 unspecified atom stereocenters. The fourth-order valence-electron chi connectivity index (χ4n) is 3.59. The number of rotatable bonds is 5. The topological polar surface area (TPSA) is 92.5 Å². The summed E-state index contributed by atoms with van der Waals surface area (Å²) in [5.41, 5.74) is 2.89. The van der Waals surface area contributed by atoms with Crippen molar-refractivity contribution in [3.05, 3.63) is 49.9 Å². The lowest BCUT2D eigenvalue weighted by Gasteiger charge is -2.29. The number of nitro benzene ring substituents is 1. The molecule has 1 aromatic carbocycles. The van der Waals surface area contributed by atoms with Gasteiger partial charge in [-0.2, -0.15) is 0 Å². The minimum absolute atomic E-state index is 0.0123. The van der Waals surface area contributed by atoms with Crippen LogP contribution in [0, 0.1) is 15.5 Å². The number of carboxylic acids is 1. The molecule has 7 heteroatoms. The Morgan fingerprint density at radius 1 is 1.42 bits per heavy atom. The van der Waals surface area contributed by atoms with Gasteiger partial charge in [0.2, 0.25) is 0 Å². The van der Waals surface area contributed by atoms with Gasteiger partial charge in [0.15, 0.2) is 0 Å². The molecule has 26 heavy (non-hydrogen) atoms. The quantitative estimate of drug-likeness (QED) is 0.603. The molecule has 0 fully saturated rings. The summed E-state index contributed by atoms with van der Waals surface area (Å²) in [6, 6.07) is 4.66. The summed E-state index contributed by atoms with van der Waals surface area (Å²) in [7, 11) is 1.77. The van der Waals surface area contributed by atoms with Gasteiger partial charge >= 0.3 is 5.97 Å². The largest absolute Gasteiger partial charge is 0.478 e. The van der Waals surface area contributed by atoms with E-state index in [1.54, 1.807) is 13.1 Å².